The molecular weight excluding hydrogens is 240 g/mol. The summed E-state index contributed by atoms with van der Waals surface area (Å²) in [5, 5.41) is 4.19. The van der Waals surface area contributed by atoms with Gasteiger partial charge in [-0.3, -0.25) is 4.79 Å². The Kier molecular flexibility index (Phi) is 3.36. The molecule has 0 spiro atoms. The number of benzene rings is 1. The Hall–Kier alpha value is -1.52. The Morgan fingerprint density at radius 3 is 2.94 bits per heavy atom. The van der Waals surface area contributed by atoms with Gasteiger partial charge in [-0.1, -0.05) is 11.6 Å². The zero-order chi connectivity index (χ0) is 12.4. The Morgan fingerprint density at radius 2 is 2.29 bits per heavy atom. The predicted molar refractivity (Wildman–Crippen MR) is 68.1 cm³/mol. The largest absolute Gasteiger partial charge is 0.495 e. The smallest absolute Gasteiger partial charge is 0.178 e. The second kappa shape index (κ2) is 4.77. The fourth-order valence-electron chi connectivity index (χ4n) is 1.77. The molecule has 0 unspecified atom stereocenters. The summed E-state index contributed by atoms with van der Waals surface area (Å²) in [7, 11) is 3.29. The molecule has 0 aliphatic rings. The number of methoxy groups -OCH3 is 1. The van der Waals surface area contributed by atoms with Crippen LogP contribution in [0.15, 0.2) is 18.3 Å². The number of ether oxygens (including phenoxy) is 1. The first-order valence-corrected chi connectivity index (χ1v) is 5.57. The van der Waals surface area contributed by atoms with E-state index < -0.39 is 0 Å². The van der Waals surface area contributed by atoms with E-state index in [1.807, 2.05) is 0 Å². The molecule has 0 atom stereocenters. The number of H-pyrrole nitrogens is 1. The normalized spacial score (nSPS) is 10.8. The molecule has 4 nitrogen and oxygen atoms in total. The number of Topliss-reactive ketones (excluding diaryl/α,β-unsaturated/α-hetero) is 1. The molecule has 1 aromatic carbocycles. The minimum atomic E-state index is 0.0307. The van der Waals surface area contributed by atoms with Crippen molar-refractivity contribution < 1.29 is 9.53 Å². The summed E-state index contributed by atoms with van der Waals surface area (Å²) in [6, 6.07) is 3.53. The Morgan fingerprint density at radius 1 is 1.53 bits per heavy atom. The van der Waals surface area contributed by atoms with Crippen LogP contribution < -0.4 is 10.1 Å². The number of hydrogen-bond donors (Lipinski definition) is 2. The van der Waals surface area contributed by atoms with Gasteiger partial charge in [0.15, 0.2) is 5.78 Å². The van der Waals surface area contributed by atoms with Crippen LogP contribution in [-0.2, 0) is 0 Å². The van der Waals surface area contributed by atoms with Crippen LogP contribution in [0.3, 0.4) is 0 Å². The van der Waals surface area contributed by atoms with Crippen LogP contribution in [0, 0.1) is 0 Å². The molecule has 5 heteroatoms. The fourth-order valence-corrected chi connectivity index (χ4v) is 2.01. The molecular formula is C12H13ClN2O2. The van der Waals surface area contributed by atoms with E-state index >= 15 is 0 Å². The van der Waals surface area contributed by atoms with Crippen LogP contribution in [0.2, 0.25) is 5.02 Å². The number of carbonyl (C=O) groups excluding carboxylic acids is 1. The molecule has 1 aromatic heterocycles. The maximum absolute atomic E-state index is 11.8. The number of aromatic amines is 1. The number of nitrogens with one attached hydrogen (secondary N) is 2. The molecule has 0 radical (unpaired) electrons. The summed E-state index contributed by atoms with van der Waals surface area (Å²) in [5.74, 6) is 0.598. The van der Waals surface area contributed by atoms with Gasteiger partial charge in [0.25, 0.3) is 0 Å². The minimum absolute atomic E-state index is 0.0307. The summed E-state index contributed by atoms with van der Waals surface area (Å²) in [6.45, 7) is 0.303. The second-order valence-corrected chi connectivity index (χ2v) is 4.10. The zero-order valence-electron chi connectivity index (χ0n) is 9.63. The molecule has 0 bridgehead atoms. The Labute approximate surface area is 104 Å². The average Bonchev–Trinajstić information content (AvgIpc) is 2.70. The lowest BCUT2D eigenvalue weighted by Gasteiger charge is -2.04. The molecule has 90 valence electrons. The first kappa shape index (κ1) is 12.0. The number of aromatic nitrogens is 1. The maximum atomic E-state index is 11.8. The van der Waals surface area contributed by atoms with Crippen molar-refractivity contribution in [3.8, 4) is 5.75 Å². The SMILES string of the molecule is CNCC(=O)c1c[nH]c2cc(Cl)c(OC)cc12. The van der Waals surface area contributed by atoms with E-state index in [9.17, 15) is 4.79 Å². The fraction of sp³-hybridized carbons (Fsp3) is 0.250. The van der Waals surface area contributed by atoms with Gasteiger partial charge in [0.1, 0.15) is 5.75 Å². The van der Waals surface area contributed by atoms with Crippen molar-refractivity contribution in [3.63, 3.8) is 0 Å². The third-order valence-electron chi connectivity index (χ3n) is 2.59. The Balaban J connectivity index is 2.55. The van der Waals surface area contributed by atoms with E-state index in [0.29, 0.717) is 22.9 Å². The lowest BCUT2D eigenvalue weighted by atomic mass is 10.1. The van der Waals surface area contributed by atoms with Gasteiger partial charge in [-0.2, -0.15) is 0 Å². The quantitative estimate of drug-likeness (QED) is 0.821. The van der Waals surface area contributed by atoms with E-state index in [1.54, 1.807) is 32.5 Å². The van der Waals surface area contributed by atoms with Gasteiger partial charge in [0.2, 0.25) is 0 Å². The van der Waals surface area contributed by atoms with E-state index in [0.717, 1.165) is 10.9 Å². The lowest BCUT2D eigenvalue weighted by Crippen LogP contribution is -2.18. The highest BCUT2D eigenvalue weighted by atomic mass is 35.5. The van der Waals surface area contributed by atoms with Crippen LogP contribution in [0.5, 0.6) is 5.75 Å². The van der Waals surface area contributed by atoms with Gasteiger partial charge in [0.05, 0.1) is 18.7 Å². The first-order valence-electron chi connectivity index (χ1n) is 5.19. The molecule has 2 aromatic rings. The van der Waals surface area contributed by atoms with Gasteiger partial charge in [0, 0.05) is 22.7 Å². The van der Waals surface area contributed by atoms with Gasteiger partial charge < -0.3 is 15.0 Å². The van der Waals surface area contributed by atoms with Gasteiger partial charge >= 0.3 is 0 Å². The number of hydrogen-bond acceptors (Lipinski definition) is 3. The van der Waals surface area contributed by atoms with Gasteiger partial charge in [-0.15, -0.1) is 0 Å². The Bertz CT molecular complexity index is 563. The van der Waals surface area contributed by atoms with Crippen molar-refractivity contribution in [1.29, 1.82) is 0 Å². The summed E-state index contributed by atoms with van der Waals surface area (Å²) >= 11 is 6.01. The van der Waals surface area contributed by atoms with Crippen molar-refractivity contribution in [2.24, 2.45) is 0 Å². The number of ketones is 1. The van der Waals surface area contributed by atoms with Crippen molar-refractivity contribution in [2.75, 3.05) is 20.7 Å². The van der Waals surface area contributed by atoms with Gasteiger partial charge in [-0.25, -0.2) is 0 Å². The van der Waals surface area contributed by atoms with E-state index in [2.05, 4.69) is 10.3 Å². The summed E-state index contributed by atoms with van der Waals surface area (Å²) < 4.78 is 5.14. The molecule has 0 aliphatic heterocycles. The number of fused-ring (bicyclic) bond motifs is 1. The molecule has 0 saturated carbocycles. The molecule has 0 fully saturated rings. The van der Waals surface area contributed by atoms with E-state index in [4.69, 9.17) is 16.3 Å². The predicted octanol–water partition coefficient (Wildman–Crippen LogP) is 2.23. The second-order valence-electron chi connectivity index (χ2n) is 3.69. The molecule has 1 heterocycles. The number of rotatable bonds is 4. The third-order valence-corrected chi connectivity index (χ3v) is 2.89. The van der Waals surface area contributed by atoms with Crippen LogP contribution >= 0.6 is 11.6 Å². The molecule has 0 amide bonds. The van der Waals surface area contributed by atoms with Gasteiger partial charge in [-0.05, 0) is 19.2 Å². The minimum Gasteiger partial charge on any atom is -0.495 e. The van der Waals surface area contributed by atoms with Crippen molar-refractivity contribution in [2.45, 2.75) is 0 Å². The van der Waals surface area contributed by atoms with Crippen molar-refractivity contribution >= 4 is 28.3 Å². The summed E-state index contributed by atoms with van der Waals surface area (Å²) in [4.78, 5) is 14.9. The topological polar surface area (TPSA) is 54.1 Å². The van der Waals surface area contributed by atoms with E-state index in [-0.39, 0.29) is 5.78 Å². The lowest BCUT2D eigenvalue weighted by molar-refractivity contribution is 0.0995. The third kappa shape index (κ3) is 2.14. The zero-order valence-corrected chi connectivity index (χ0v) is 10.4. The molecule has 17 heavy (non-hydrogen) atoms. The summed E-state index contributed by atoms with van der Waals surface area (Å²) in [5.41, 5.74) is 1.47. The molecule has 2 N–H and O–H groups in total. The van der Waals surface area contributed by atoms with Crippen LogP contribution in [0.25, 0.3) is 10.9 Å². The average molecular weight is 253 g/mol. The van der Waals surface area contributed by atoms with Crippen LogP contribution in [-0.4, -0.2) is 31.5 Å². The summed E-state index contributed by atoms with van der Waals surface area (Å²) in [6.07, 6.45) is 1.69. The van der Waals surface area contributed by atoms with Crippen molar-refractivity contribution in [3.05, 3.63) is 28.9 Å². The maximum Gasteiger partial charge on any atom is 0.178 e. The van der Waals surface area contributed by atoms with Crippen molar-refractivity contribution in [1.82, 2.24) is 10.3 Å². The first-order chi connectivity index (χ1) is 8.17. The number of halogens is 1. The number of likely N-dealkylation sites (N-methyl/N-ethyl adjacent to an activating group) is 1. The molecule has 2 rings (SSSR count). The molecule has 0 aliphatic carbocycles. The van der Waals surface area contributed by atoms with Crippen LogP contribution in [0.4, 0.5) is 0 Å². The molecule has 0 saturated heterocycles. The van der Waals surface area contributed by atoms with E-state index in [1.165, 1.54) is 0 Å². The highest BCUT2D eigenvalue weighted by molar-refractivity contribution is 6.33. The van der Waals surface area contributed by atoms with Crippen LogP contribution in [0.1, 0.15) is 10.4 Å². The monoisotopic (exact) mass is 252 g/mol. The highest BCUT2D eigenvalue weighted by Crippen LogP contribution is 2.31. The standard InChI is InChI=1S/C12H13ClN2O2/c1-14-6-11(16)8-5-15-10-4-9(13)12(17-2)3-7(8)10/h3-5,14-15H,6H2,1-2H3. The highest BCUT2D eigenvalue weighted by Gasteiger charge is 2.13. The number of carbonyl (C=O) groups is 1.